The largest absolute Gasteiger partial charge is 1.00 e. The van der Waals surface area contributed by atoms with E-state index in [1.165, 1.54) is 19.2 Å². The van der Waals surface area contributed by atoms with Gasteiger partial charge in [-0.05, 0) is 36.4 Å². The predicted molar refractivity (Wildman–Crippen MR) is 88.2 cm³/mol. The van der Waals surface area contributed by atoms with E-state index in [9.17, 15) is 14.4 Å². The molecular weight excluding hydrogens is 423 g/mol. The van der Waals surface area contributed by atoms with Gasteiger partial charge in [-0.2, -0.15) is 15.4 Å². The predicted octanol–water partition coefficient (Wildman–Crippen LogP) is -4.91. The van der Waals surface area contributed by atoms with Crippen LogP contribution < -0.4 is 87.6 Å². The number of methoxy groups -OCH3 is 1. The second kappa shape index (κ2) is 9.82. The zero-order valence-corrected chi connectivity index (χ0v) is 20.8. The van der Waals surface area contributed by atoms with Crippen LogP contribution in [0.4, 0.5) is 0 Å². The molecule has 0 radical (unpaired) electrons. The Morgan fingerprint density at radius 3 is 2.31 bits per heavy atom. The van der Waals surface area contributed by atoms with Gasteiger partial charge in [0.05, 0.1) is 7.11 Å². The summed E-state index contributed by atoms with van der Waals surface area (Å²) in [6.45, 7) is 0.103. The first-order valence-electron chi connectivity index (χ1n) is 7.65. The molecule has 0 atom stereocenters. The molecule has 2 heterocycles. The van der Waals surface area contributed by atoms with Gasteiger partial charge in [0.1, 0.15) is 25.0 Å². The number of rotatable bonds is 5. The van der Waals surface area contributed by atoms with Gasteiger partial charge >= 0.3 is 59.1 Å². The molecule has 1 aliphatic heterocycles. The minimum absolute atomic E-state index is 0. The molecule has 2 aromatic carbocycles. The van der Waals surface area contributed by atoms with Crippen molar-refractivity contribution in [2.75, 3.05) is 13.9 Å². The molecular formula is C16H12N3Na2O7P. The Labute approximate surface area is 209 Å². The van der Waals surface area contributed by atoms with Gasteiger partial charge in [0.15, 0.2) is 11.5 Å². The van der Waals surface area contributed by atoms with Crippen molar-refractivity contribution in [1.29, 1.82) is 0 Å². The average molecular weight is 435 g/mol. The molecule has 4 rings (SSSR count). The third-order valence-corrected chi connectivity index (χ3v) is 4.26. The van der Waals surface area contributed by atoms with Crippen LogP contribution in [0, 0.1) is 0 Å². The molecule has 0 aliphatic carbocycles. The van der Waals surface area contributed by atoms with E-state index in [0.717, 1.165) is 0 Å². The molecule has 0 spiro atoms. The summed E-state index contributed by atoms with van der Waals surface area (Å²) in [5.41, 5.74) is 2.35. The number of benzene rings is 2. The smallest absolute Gasteiger partial charge is 0.780 e. The van der Waals surface area contributed by atoms with Gasteiger partial charge in [-0.3, -0.25) is 0 Å². The molecule has 140 valence electrons. The zero-order valence-electron chi connectivity index (χ0n) is 15.9. The third kappa shape index (κ3) is 5.35. The Balaban J connectivity index is 0.00000150. The Morgan fingerprint density at radius 1 is 1.03 bits per heavy atom. The molecule has 0 amide bonds. The fourth-order valence-electron chi connectivity index (χ4n) is 2.70. The van der Waals surface area contributed by atoms with Gasteiger partial charge in [0.25, 0.3) is 0 Å². The molecule has 0 unspecified atom stereocenters. The number of hydrogen-bond acceptors (Lipinski definition) is 9. The van der Waals surface area contributed by atoms with E-state index in [-0.39, 0.29) is 71.7 Å². The van der Waals surface area contributed by atoms with Gasteiger partial charge < -0.3 is 33.1 Å². The monoisotopic (exact) mass is 435 g/mol. The maximum absolute atomic E-state index is 10.7. The quantitative estimate of drug-likeness (QED) is 0.308. The number of nitrogens with zero attached hydrogens (tertiary/aromatic N) is 2. The van der Waals surface area contributed by atoms with Crippen LogP contribution in [0.3, 0.4) is 0 Å². The normalized spacial score (nSPS) is 12.0. The number of nitrogens with one attached hydrogen (secondary N) is 1. The van der Waals surface area contributed by atoms with E-state index >= 15 is 0 Å². The van der Waals surface area contributed by atoms with Gasteiger partial charge in [0.2, 0.25) is 12.5 Å². The molecule has 0 saturated carbocycles. The van der Waals surface area contributed by atoms with Gasteiger partial charge in [0, 0.05) is 11.1 Å². The van der Waals surface area contributed by atoms with Crippen molar-refractivity contribution >= 4 is 7.82 Å². The molecule has 3 aromatic rings. The molecule has 10 nitrogen and oxygen atoms in total. The SMILES string of the molecule is COc1cc(-c2n[nH]nc2-c2ccc(OP(=O)([O-])[O-])cc2)cc2c1OCO2.[Na+].[Na+]. The van der Waals surface area contributed by atoms with Crippen molar-refractivity contribution in [2.24, 2.45) is 0 Å². The minimum atomic E-state index is -5.11. The number of phosphoric acid groups is 1. The maximum atomic E-state index is 10.7. The fourth-order valence-corrected chi connectivity index (χ4v) is 3.08. The summed E-state index contributed by atoms with van der Waals surface area (Å²) < 4.78 is 31.2. The third-order valence-electron chi connectivity index (χ3n) is 3.82. The van der Waals surface area contributed by atoms with Crippen LogP contribution in [-0.4, -0.2) is 29.3 Å². The van der Waals surface area contributed by atoms with Crippen LogP contribution in [0.5, 0.6) is 23.0 Å². The topological polar surface area (TPSA) is 142 Å². The Kier molecular flexibility index (Phi) is 8.20. The molecule has 1 aromatic heterocycles. The van der Waals surface area contributed by atoms with E-state index in [1.807, 2.05) is 0 Å². The summed E-state index contributed by atoms with van der Waals surface area (Å²) in [4.78, 5) is 21.4. The van der Waals surface area contributed by atoms with Crippen LogP contribution in [0.25, 0.3) is 22.5 Å². The Bertz CT molecular complexity index is 1040. The number of fused-ring (bicyclic) bond motifs is 1. The number of phosphoric ester groups is 1. The van der Waals surface area contributed by atoms with Crippen LogP contribution in [-0.2, 0) is 4.57 Å². The summed E-state index contributed by atoms with van der Waals surface area (Å²) in [6, 6.07) is 9.35. The molecule has 29 heavy (non-hydrogen) atoms. The second-order valence-corrected chi connectivity index (χ2v) is 6.57. The van der Waals surface area contributed by atoms with Crippen molar-refractivity contribution in [1.82, 2.24) is 15.4 Å². The number of H-pyrrole nitrogens is 1. The van der Waals surface area contributed by atoms with Crippen molar-refractivity contribution in [3.8, 4) is 45.5 Å². The van der Waals surface area contributed by atoms with E-state index < -0.39 is 7.82 Å². The van der Waals surface area contributed by atoms with Crippen LogP contribution >= 0.6 is 7.82 Å². The van der Waals surface area contributed by atoms with Crippen LogP contribution in [0.2, 0.25) is 0 Å². The van der Waals surface area contributed by atoms with E-state index in [4.69, 9.17) is 14.2 Å². The first-order valence-corrected chi connectivity index (χ1v) is 9.11. The average Bonchev–Trinajstić information content (AvgIpc) is 3.29. The second-order valence-electron chi connectivity index (χ2n) is 5.50. The first kappa shape index (κ1) is 24.2. The van der Waals surface area contributed by atoms with Gasteiger partial charge in [-0.15, -0.1) is 0 Å². The molecule has 1 aliphatic rings. The fraction of sp³-hybridized carbons (Fsp3) is 0.125. The summed E-state index contributed by atoms with van der Waals surface area (Å²) >= 11 is 0. The maximum Gasteiger partial charge on any atom is 1.00 e. The van der Waals surface area contributed by atoms with Crippen LogP contribution in [0.1, 0.15) is 0 Å². The first-order chi connectivity index (χ1) is 12.9. The number of hydrogen-bond donors (Lipinski definition) is 1. The molecule has 0 fully saturated rings. The molecule has 13 heteroatoms. The summed E-state index contributed by atoms with van der Waals surface area (Å²) in [5.74, 6) is 1.47. The number of aromatic amines is 1. The number of ether oxygens (including phenoxy) is 3. The van der Waals surface area contributed by atoms with E-state index in [2.05, 4.69) is 19.9 Å². The van der Waals surface area contributed by atoms with Gasteiger partial charge in [-0.1, -0.05) is 0 Å². The van der Waals surface area contributed by atoms with Crippen molar-refractivity contribution in [3.05, 3.63) is 36.4 Å². The van der Waals surface area contributed by atoms with E-state index in [0.29, 0.717) is 39.8 Å². The van der Waals surface area contributed by atoms with Crippen LogP contribution in [0.15, 0.2) is 36.4 Å². The summed E-state index contributed by atoms with van der Waals surface area (Å²) in [7, 11) is -3.59. The molecule has 0 saturated heterocycles. The van der Waals surface area contributed by atoms with Crippen molar-refractivity contribution in [3.63, 3.8) is 0 Å². The Morgan fingerprint density at radius 2 is 1.69 bits per heavy atom. The van der Waals surface area contributed by atoms with Crippen molar-refractivity contribution in [2.45, 2.75) is 0 Å². The van der Waals surface area contributed by atoms with E-state index in [1.54, 1.807) is 24.3 Å². The molecule has 1 N–H and O–H groups in total. The molecule has 0 bridgehead atoms. The van der Waals surface area contributed by atoms with Crippen molar-refractivity contribution < 1.29 is 92.2 Å². The van der Waals surface area contributed by atoms with Gasteiger partial charge in [-0.25, -0.2) is 0 Å². The standard InChI is InChI=1S/C16H14N3O7P.2Na/c1-23-12-6-10(7-13-16(12)25-8-24-13)15-14(17-19-18-15)9-2-4-11(5-3-9)26-27(20,21)22;;/h2-7H,8H2,1H3,(H,17,18,19)(H2,20,21,22);;/q;2*+1/p-2. The Hall–Kier alpha value is -1.07. The summed E-state index contributed by atoms with van der Waals surface area (Å²) in [6.07, 6.45) is 0. The zero-order chi connectivity index (χ0) is 19.0. The summed E-state index contributed by atoms with van der Waals surface area (Å²) in [5, 5.41) is 10.9. The minimum Gasteiger partial charge on any atom is -0.780 e. The number of aromatic nitrogens is 3.